The van der Waals surface area contributed by atoms with Gasteiger partial charge in [0.15, 0.2) is 0 Å². The second-order valence-electron chi connectivity index (χ2n) is 6.41. The van der Waals surface area contributed by atoms with Crippen LogP contribution in [0.4, 0.5) is 0 Å². The summed E-state index contributed by atoms with van der Waals surface area (Å²) in [4.78, 5) is 22.0. The number of nitrogens with zero attached hydrogens (tertiary/aromatic N) is 3. The minimum atomic E-state index is -0.0429. The first-order chi connectivity index (χ1) is 12.7. The minimum absolute atomic E-state index is 0.0429. The van der Waals surface area contributed by atoms with Crippen LogP contribution in [0.5, 0.6) is 0 Å². The lowest BCUT2D eigenvalue weighted by molar-refractivity contribution is 0.911. The number of pyridine rings is 1. The molecular weight excluding hydrogens is 322 g/mol. The summed E-state index contributed by atoms with van der Waals surface area (Å²) < 4.78 is 1.71. The van der Waals surface area contributed by atoms with E-state index in [9.17, 15) is 4.79 Å². The molecule has 128 valence electrons. The maximum absolute atomic E-state index is 13.2. The van der Waals surface area contributed by atoms with E-state index in [2.05, 4.69) is 24.1 Å². The third kappa shape index (κ3) is 3.14. The molecule has 26 heavy (non-hydrogen) atoms. The van der Waals surface area contributed by atoms with E-state index in [0.29, 0.717) is 16.7 Å². The number of hydrogen-bond acceptors (Lipinski definition) is 3. The van der Waals surface area contributed by atoms with Crippen molar-refractivity contribution in [1.82, 2.24) is 14.5 Å². The van der Waals surface area contributed by atoms with E-state index in [0.717, 1.165) is 24.1 Å². The fraction of sp³-hybridized carbons (Fsp3) is 0.136. The molecule has 0 atom stereocenters. The van der Waals surface area contributed by atoms with Crippen molar-refractivity contribution in [2.75, 3.05) is 0 Å². The summed E-state index contributed by atoms with van der Waals surface area (Å²) >= 11 is 0. The summed E-state index contributed by atoms with van der Waals surface area (Å²) in [7, 11) is 0. The molecule has 4 heteroatoms. The zero-order valence-electron chi connectivity index (χ0n) is 14.6. The highest BCUT2D eigenvalue weighted by atomic mass is 16.1. The number of hydrogen-bond donors (Lipinski definition) is 0. The second kappa shape index (κ2) is 6.92. The van der Waals surface area contributed by atoms with Gasteiger partial charge in [0.25, 0.3) is 5.56 Å². The molecule has 3 aromatic rings. The van der Waals surface area contributed by atoms with Gasteiger partial charge in [0.05, 0.1) is 10.9 Å². The normalized spacial score (nSPS) is 14.5. The lowest BCUT2D eigenvalue weighted by Crippen LogP contribution is -2.23. The van der Waals surface area contributed by atoms with Crippen molar-refractivity contribution in [3.05, 3.63) is 88.3 Å². The van der Waals surface area contributed by atoms with Crippen LogP contribution < -0.4 is 5.56 Å². The molecule has 0 saturated heterocycles. The van der Waals surface area contributed by atoms with Crippen LogP contribution in [0.2, 0.25) is 0 Å². The lowest BCUT2D eigenvalue weighted by Gasteiger charge is -2.16. The van der Waals surface area contributed by atoms with Gasteiger partial charge >= 0.3 is 0 Å². The number of benzene rings is 1. The Morgan fingerprint density at radius 2 is 2.00 bits per heavy atom. The fourth-order valence-corrected chi connectivity index (χ4v) is 3.14. The van der Waals surface area contributed by atoms with E-state index in [1.54, 1.807) is 17.0 Å². The molecule has 0 saturated carbocycles. The lowest BCUT2D eigenvalue weighted by atomic mass is 10.0. The monoisotopic (exact) mass is 341 g/mol. The largest absolute Gasteiger partial charge is 0.268 e. The Hall–Kier alpha value is -3.27. The summed E-state index contributed by atoms with van der Waals surface area (Å²) in [6, 6.07) is 11.3. The molecule has 0 N–H and O–H groups in total. The summed E-state index contributed by atoms with van der Waals surface area (Å²) in [6.07, 6.45) is 13.5. The Balaban J connectivity index is 1.93. The van der Waals surface area contributed by atoms with E-state index < -0.39 is 0 Å². The SMILES string of the molecule is CC1=CC(n2c(/C=C/c3cccnc3)nc3ccccc3c2=O)=CCC1. The van der Waals surface area contributed by atoms with Crippen LogP contribution in [-0.4, -0.2) is 14.5 Å². The molecule has 1 aliphatic carbocycles. The molecule has 2 aromatic heterocycles. The van der Waals surface area contributed by atoms with Crippen molar-refractivity contribution in [2.24, 2.45) is 0 Å². The number of para-hydroxylation sites is 1. The van der Waals surface area contributed by atoms with Crippen LogP contribution in [-0.2, 0) is 0 Å². The Labute approximate surface area is 151 Å². The average Bonchev–Trinajstić information content (AvgIpc) is 2.67. The molecule has 1 aromatic carbocycles. The summed E-state index contributed by atoms with van der Waals surface area (Å²) in [5.74, 6) is 0.620. The Kier molecular flexibility index (Phi) is 4.32. The van der Waals surface area contributed by atoms with Crippen molar-refractivity contribution in [3.63, 3.8) is 0 Å². The van der Waals surface area contributed by atoms with Gasteiger partial charge < -0.3 is 0 Å². The molecule has 0 radical (unpaired) electrons. The van der Waals surface area contributed by atoms with Gasteiger partial charge in [-0.3, -0.25) is 14.3 Å². The molecule has 4 nitrogen and oxygen atoms in total. The van der Waals surface area contributed by atoms with Crippen LogP contribution in [0.15, 0.2) is 71.3 Å². The van der Waals surface area contributed by atoms with Crippen LogP contribution in [0.3, 0.4) is 0 Å². The quantitative estimate of drug-likeness (QED) is 0.702. The standard InChI is InChI=1S/C22H19N3O/c1-16-6-4-8-18(14-16)25-21(12-11-17-7-5-13-23-15-17)24-20-10-3-2-9-19(20)22(25)26/h2-3,5,7-15H,4,6H2,1H3/b12-11+. The van der Waals surface area contributed by atoms with E-state index in [1.165, 1.54) is 5.57 Å². The molecule has 4 rings (SSSR count). The van der Waals surface area contributed by atoms with Crippen molar-refractivity contribution in [2.45, 2.75) is 19.8 Å². The predicted octanol–water partition coefficient (Wildman–Crippen LogP) is 4.54. The van der Waals surface area contributed by atoms with Gasteiger partial charge in [-0.2, -0.15) is 0 Å². The van der Waals surface area contributed by atoms with Crippen LogP contribution in [0, 0.1) is 0 Å². The summed E-state index contributed by atoms with van der Waals surface area (Å²) in [6.45, 7) is 2.09. The first-order valence-electron chi connectivity index (χ1n) is 8.70. The molecular formula is C22H19N3O. The third-order valence-electron chi connectivity index (χ3n) is 4.46. The van der Waals surface area contributed by atoms with Crippen LogP contribution in [0.25, 0.3) is 28.8 Å². The first kappa shape index (κ1) is 16.2. The van der Waals surface area contributed by atoms with Gasteiger partial charge in [0, 0.05) is 18.1 Å². The molecule has 0 amide bonds. The maximum Gasteiger partial charge on any atom is 0.266 e. The highest BCUT2D eigenvalue weighted by molar-refractivity contribution is 5.81. The van der Waals surface area contributed by atoms with Gasteiger partial charge in [0.1, 0.15) is 5.82 Å². The smallest absolute Gasteiger partial charge is 0.266 e. The third-order valence-corrected chi connectivity index (χ3v) is 4.46. The molecule has 0 fully saturated rings. The predicted molar refractivity (Wildman–Crippen MR) is 106 cm³/mol. The average molecular weight is 341 g/mol. The highest BCUT2D eigenvalue weighted by Crippen LogP contribution is 2.22. The van der Waals surface area contributed by atoms with Gasteiger partial charge in [-0.25, -0.2) is 4.98 Å². The van der Waals surface area contributed by atoms with Crippen LogP contribution >= 0.6 is 0 Å². The Morgan fingerprint density at radius 1 is 1.12 bits per heavy atom. The van der Waals surface area contributed by atoms with Gasteiger partial charge in [-0.1, -0.05) is 29.8 Å². The second-order valence-corrected chi connectivity index (χ2v) is 6.41. The molecule has 0 aliphatic heterocycles. The number of allylic oxidation sites excluding steroid dienone is 4. The Morgan fingerprint density at radius 3 is 2.81 bits per heavy atom. The molecule has 0 spiro atoms. The number of rotatable bonds is 3. The van der Waals surface area contributed by atoms with E-state index in [-0.39, 0.29) is 5.56 Å². The molecule has 0 unspecified atom stereocenters. The van der Waals surface area contributed by atoms with Crippen molar-refractivity contribution in [1.29, 1.82) is 0 Å². The first-order valence-corrected chi connectivity index (χ1v) is 8.70. The number of aromatic nitrogens is 3. The molecule has 2 heterocycles. The number of fused-ring (bicyclic) bond motifs is 1. The van der Waals surface area contributed by atoms with Gasteiger partial charge in [0.2, 0.25) is 0 Å². The van der Waals surface area contributed by atoms with E-state index in [4.69, 9.17) is 4.98 Å². The fourth-order valence-electron chi connectivity index (χ4n) is 3.14. The summed E-state index contributed by atoms with van der Waals surface area (Å²) in [5.41, 5.74) is 3.79. The minimum Gasteiger partial charge on any atom is -0.268 e. The van der Waals surface area contributed by atoms with Crippen molar-refractivity contribution >= 4 is 28.8 Å². The van der Waals surface area contributed by atoms with Gasteiger partial charge in [-0.05, 0) is 61.8 Å². The Bertz CT molecular complexity index is 1110. The van der Waals surface area contributed by atoms with E-state index in [1.807, 2.05) is 48.6 Å². The highest BCUT2D eigenvalue weighted by Gasteiger charge is 2.13. The summed E-state index contributed by atoms with van der Waals surface area (Å²) in [5, 5.41) is 0.628. The topological polar surface area (TPSA) is 47.8 Å². The maximum atomic E-state index is 13.2. The molecule has 1 aliphatic rings. The van der Waals surface area contributed by atoms with Crippen LogP contribution in [0.1, 0.15) is 31.2 Å². The van der Waals surface area contributed by atoms with Gasteiger partial charge in [-0.15, -0.1) is 0 Å². The van der Waals surface area contributed by atoms with Crippen molar-refractivity contribution in [3.8, 4) is 0 Å². The van der Waals surface area contributed by atoms with E-state index >= 15 is 0 Å². The zero-order chi connectivity index (χ0) is 17.9. The van der Waals surface area contributed by atoms with Crippen molar-refractivity contribution < 1.29 is 0 Å². The molecule has 0 bridgehead atoms. The zero-order valence-corrected chi connectivity index (χ0v) is 14.6.